The fourth-order valence-corrected chi connectivity index (χ4v) is 8.39. The van der Waals surface area contributed by atoms with Crippen LogP contribution in [0.3, 0.4) is 0 Å². The van der Waals surface area contributed by atoms with Crippen LogP contribution in [0.25, 0.3) is 0 Å². The van der Waals surface area contributed by atoms with Crippen LogP contribution in [0.15, 0.2) is 85.1 Å². The molecule has 0 fully saturated rings. The summed E-state index contributed by atoms with van der Waals surface area (Å²) in [7, 11) is 0. The van der Waals surface area contributed by atoms with E-state index in [0.717, 1.165) is 83.5 Å². The molecule has 0 amide bonds. The Hall–Kier alpha value is -3.41. The van der Waals surface area contributed by atoms with Gasteiger partial charge in [0.1, 0.15) is 13.2 Å². The molecule has 0 aromatic rings. The van der Waals surface area contributed by atoms with Gasteiger partial charge in [-0.05, 0) is 89.9 Å². The fourth-order valence-electron chi connectivity index (χ4n) is 8.39. The van der Waals surface area contributed by atoms with E-state index in [-0.39, 0.29) is 37.5 Å². The number of rotatable bonds is 54. The smallest absolute Gasteiger partial charge is 0.306 e. The highest BCUT2D eigenvalue weighted by molar-refractivity contribution is 5.71. The SMILES string of the molecule is CC/C=C/C/C=C/C/C=C/C/C=C/C/C=C/CCCC(=O)O[C@@H](COC(=O)CCCCCCCCCCC/C=C/C/C=C/CCCCC)COC(=O)CCCCCCCCCCCCCCCCCCC. The summed E-state index contributed by atoms with van der Waals surface area (Å²) in [6.07, 6.45) is 77.2. The highest BCUT2D eigenvalue weighted by Gasteiger charge is 2.19. The monoisotopic (exact) mass is 989 g/mol. The Morgan fingerprint density at radius 1 is 0.296 bits per heavy atom. The zero-order valence-corrected chi connectivity index (χ0v) is 46.7. The molecule has 0 heterocycles. The van der Waals surface area contributed by atoms with Gasteiger partial charge in [0.2, 0.25) is 0 Å². The number of carbonyl (C=O) groups excluding carboxylic acids is 3. The van der Waals surface area contributed by atoms with E-state index >= 15 is 0 Å². The third kappa shape index (κ3) is 57.4. The summed E-state index contributed by atoms with van der Waals surface area (Å²) in [5.41, 5.74) is 0. The molecule has 0 spiro atoms. The van der Waals surface area contributed by atoms with Gasteiger partial charge in [-0.1, -0.05) is 266 Å². The van der Waals surface area contributed by atoms with Crippen molar-refractivity contribution in [3.05, 3.63) is 85.1 Å². The molecule has 0 saturated heterocycles. The van der Waals surface area contributed by atoms with Crippen molar-refractivity contribution < 1.29 is 28.6 Å². The van der Waals surface area contributed by atoms with Gasteiger partial charge in [0.05, 0.1) is 0 Å². The van der Waals surface area contributed by atoms with Crippen molar-refractivity contribution in [3.63, 3.8) is 0 Å². The summed E-state index contributed by atoms with van der Waals surface area (Å²) < 4.78 is 16.9. The maximum atomic E-state index is 12.9. The molecule has 408 valence electrons. The van der Waals surface area contributed by atoms with E-state index < -0.39 is 6.10 Å². The van der Waals surface area contributed by atoms with Crippen LogP contribution in [0.4, 0.5) is 0 Å². The molecule has 0 saturated carbocycles. The lowest BCUT2D eigenvalue weighted by atomic mass is 10.0. The minimum Gasteiger partial charge on any atom is -0.462 e. The fraction of sp³-hybridized carbons (Fsp3) is 0.738. The Kier molecular flexibility index (Phi) is 56.3. The molecule has 0 radical (unpaired) electrons. The normalized spacial score (nSPS) is 12.7. The van der Waals surface area contributed by atoms with Gasteiger partial charge in [-0.3, -0.25) is 14.4 Å². The minimum absolute atomic E-state index is 0.0981. The highest BCUT2D eigenvalue weighted by Crippen LogP contribution is 2.16. The summed E-state index contributed by atoms with van der Waals surface area (Å²) in [5.74, 6) is -0.951. The van der Waals surface area contributed by atoms with Gasteiger partial charge in [-0.15, -0.1) is 0 Å². The van der Waals surface area contributed by atoms with Gasteiger partial charge in [0.25, 0.3) is 0 Å². The average molecular weight is 990 g/mol. The molecule has 6 nitrogen and oxygen atoms in total. The van der Waals surface area contributed by atoms with Crippen LogP contribution < -0.4 is 0 Å². The van der Waals surface area contributed by atoms with Gasteiger partial charge in [-0.2, -0.15) is 0 Å². The molecule has 0 bridgehead atoms. The number of unbranched alkanes of at least 4 members (excludes halogenated alkanes) is 29. The second-order valence-corrected chi connectivity index (χ2v) is 19.9. The lowest BCUT2D eigenvalue weighted by Crippen LogP contribution is -2.30. The summed E-state index contributed by atoms with van der Waals surface area (Å²) in [5, 5.41) is 0. The molecule has 6 heteroatoms. The first-order valence-electron chi connectivity index (χ1n) is 30.1. The summed E-state index contributed by atoms with van der Waals surface area (Å²) in [6.45, 7) is 6.48. The number of hydrogen-bond acceptors (Lipinski definition) is 6. The van der Waals surface area contributed by atoms with E-state index in [2.05, 4.69) is 106 Å². The third-order valence-electron chi connectivity index (χ3n) is 12.9. The maximum Gasteiger partial charge on any atom is 0.306 e. The number of esters is 3. The molecule has 0 aromatic heterocycles. The second-order valence-electron chi connectivity index (χ2n) is 19.9. The van der Waals surface area contributed by atoms with Crippen LogP contribution in [0, 0.1) is 0 Å². The van der Waals surface area contributed by atoms with Crippen LogP contribution in [-0.2, 0) is 28.6 Å². The standard InChI is InChI=1S/C65H112O6/c1-4-7-10-13-16-19-22-25-28-31-32-35-37-40-43-46-49-52-55-58-64(67)70-61-62(71-65(68)59-56-53-50-47-44-41-38-34-30-27-24-21-18-15-12-9-6-3)60-69-63(66)57-54-51-48-45-42-39-36-33-29-26-23-20-17-14-11-8-5-2/h9,12,16,18-19,21,25,27-28,30,38,41,47,50,62H,4-8,10-11,13-15,17,20,22-24,26,29,31-37,39-40,42-46,48-49,51-61H2,1-3H3/b12-9+,19-16+,21-18+,28-25+,30-27+,41-38+,50-47+/t62-/m1/s1. The molecule has 0 unspecified atom stereocenters. The van der Waals surface area contributed by atoms with Gasteiger partial charge in [0, 0.05) is 19.3 Å². The first-order valence-corrected chi connectivity index (χ1v) is 30.1. The van der Waals surface area contributed by atoms with Crippen molar-refractivity contribution in [2.45, 2.75) is 297 Å². The van der Waals surface area contributed by atoms with Crippen LogP contribution in [0.5, 0.6) is 0 Å². The zero-order chi connectivity index (χ0) is 51.4. The molecule has 1 atom stereocenters. The number of allylic oxidation sites excluding steroid dienone is 14. The largest absolute Gasteiger partial charge is 0.462 e. The third-order valence-corrected chi connectivity index (χ3v) is 12.9. The van der Waals surface area contributed by atoms with Crippen LogP contribution in [0.1, 0.15) is 290 Å². The van der Waals surface area contributed by atoms with Crippen LogP contribution in [0.2, 0.25) is 0 Å². The Morgan fingerprint density at radius 2 is 0.563 bits per heavy atom. The molecule has 0 aliphatic carbocycles. The molecule has 0 aliphatic heterocycles. The summed E-state index contributed by atoms with van der Waals surface area (Å²) in [6, 6.07) is 0. The van der Waals surface area contributed by atoms with E-state index in [0.29, 0.717) is 19.3 Å². The van der Waals surface area contributed by atoms with E-state index in [1.54, 1.807) is 0 Å². The Labute approximate surface area is 439 Å². The number of ether oxygens (including phenoxy) is 3. The molecule has 0 aliphatic rings. The van der Waals surface area contributed by atoms with E-state index in [4.69, 9.17) is 14.2 Å². The van der Waals surface area contributed by atoms with Crippen LogP contribution in [-0.4, -0.2) is 37.2 Å². The van der Waals surface area contributed by atoms with Crippen LogP contribution >= 0.6 is 0 Å². The Balaban J connectivity index is 4.45. The van der Waals surface area contributed by atoms with Gasteiger partial charge in [-0.25, -0.2) is 0 Å². The zero-order valence-electron chi connectivity index (χ0n) is 46.7. The van der Waals surface area contributed by atoms with Gasteiger partial charge >= 0.3 is 17.9 Å². The predicted molar refractivity (Wildman–Crippen MR) is 307 cm³/mol. The predicted octanol–water partition coefficient (Wildman–Crippen LogP) is 20.3. The van der Waals surface area contributed by atoms with E-state index in [9.17, 15) is 14.4 Å². The van der Waals surface area contributed by atoms with Crippen molar-refractivity contribution >= 4 is 17.9 Å². The van der Waals surface area contributed by atoms with Crippen molar-refractivity contribution in [2.75, 3.05) is 13.2 Å². The minimum atomic E-state index is -0.807. The molecular weight excluding hydrogens is 877 g/mol. The van der Waals surface area contributed by atoms with E-state index in [1.807, 2.05) is 0 Å². The van der Waals surface area contributed by atoms with Gasteiger partial charge < -0.3 is 14.2 Å². The Bertz CT molecular complexity index is 1370. The highest BCUT2D eigenvalue weighted by atomic mass is 16.6. The topological polar surface area (TPSA) is 78.9 Å². The molecule has 0 rings (SSSR count). The summed E-state index contributed by atoms with van der Waals surface area (Å²) in [4.78, 5) is 38.2. The van der Waals surface area contributed by atoms with E-state index in [1.165, 1.54) is 161 Å². The quantitative estimate of drug-likeness (QED) is 0.0261. The first kappa shape index (κ1) is 67.6. The second kappa shape index (κ2) is 59.2. The lowest BCUT2D eigenvalue weighted by Gasteiger charge is -2.18. The van der Waals surface area contributed by atoms with Crippen molar-refractivity contribution in [2.24, 2.45) is 0 Å². The molecule has 0 N–H and O–H groups in total. The average Bonchev–Trinajstić information content (AvgIpc) is 3.37. The Morgan fingerprint density at radius 3 is 0.930 bits per heavy atom. The first-order chi connectivity index (χ1) is 35.0. The number of hydrogen-bond donors (Lipinski definition) is 0. The van der Waals surface area contributed by atoms with Gasteiger partial charge in [0.15, 0.2) is 6.10 Å². The molecular formula is C65H112O6. The lowest BCUT2D eigenvalue weighted by molar-refractivity contribution is -0.167. The van der Waals surface area contributed by atoms with Crippen molar-refractivity contribution in [1.82, 2.24) is 0 Å². The van der Waals surface area contributed by atoms with Crippen molar-refractivity contribution in [3.8, 4) is 0 Å². The number of carbonyl (C=O) groups is 3. The summed E-state index contributed by atoms with van der Waals surface area (Å²) >= 11 is 0. The van der Waals surface area contributed by atoms with Crippen molar-refractivity contribution in [1.29, 1.82) is 0 Å². The molecule has 71 heavy (non-hydrogen) atoms. The molecule has 0 aromatic carbocycles. The maximum absolute atomic E-state index is 12.9.